The Hall–Kier alpha value is -3.09. The van der Waals surface area contributed by atoms with Crippen LogP contribution in [0, 0.1) is 6.92 Å². The SMILES string of the molecule is C=CCC[C@H](O)CN(CCC)Cc1c(C)nn(-c2ccccc2)c1Oc1ccc(OC)cc1. The highest BCUT2D eigenvalue weighted by Gasteiger charge is 2.22. The predicted molar refractivity (Wildman–Crippen MR) is 132 cm³/mol. The zero-order chi connectivity index (χ0) is 23.6. The fraction of sp³-hybridized carbons (Fsp3) is 0.370. The maximum absolute atomic E-state index is 10.5. The molecule has 1 N–H and O–H groups in total. The van der Waals surface area contributed by atoms with Gasteiger partial charge in [-0.15, -0.1) is 6.58 Å². The molecule has 0 radical (unpaired) electrons. The van der Waals surface area contributed by atoms with Gasteiger partial charge in [0.25, 0.3) is 0 Å². The summed E-state index contributed by atoms with van der Waals surface area (Å²) in [5, 5.41) is 15.3. The Labute approximate surface area is 197 Å². The van der Waals surface area contributed by atoms with Crippen LogP contribution in [-0.2, 0) is 6.54 Å². The number of rotatable bonds is 13. The van der Waals surface area contributed by atoms with E-state index in [1.54, 1.807) is 7.11 Å². The third-order valence-electron chi connectivity index (χ3n) is 5.51. The first kappa shape index (κ1) is 24.6. The van der Waals surface area contributed by atoms with Crippen LogP contribution in [0.3, 0.4) is 0 Å². The predicted octanol–water partition coefficient (Wildman–Crippen LogP) is 5.52. The van der Waals surface area contributed by atoms with E-state index in [4.69, 9.17) is 14.6 Å². The fourth-order valence-corrected chi connectivity index (χ4v) is 3.80. The number of aryl methyl sites for hydroxylation is 1. The Kier molecular flexibility index (Phi) is 9.10. The zero-order valence-electron chi connectivity index (χ0n) is 19.9. The van der Waals surface area contributed by atoms with Gasteiger partial charge in [0, 0.05) is 13.1 Å². The van der Waals surface area contributed by atoms with E-state index in [9.17, 15) is 5.11 Å². The maximum atomic E-state index is 10.5. The van der Waals surface area contributed by atoms with Gasteiger partial charge in [-0.1, -0.05) is 31.2 Å². The Morgan fingerprint density at radius 1 is 1.12 bits per heavy atom. The van der Waals surface area contributed by atoms with Crippen LogP contribution in [0.5, 0.6) is 17.4 Å². The van der Waals surface area contributed by atoms with Crippen LogP contribution in [0.1, 0.15) is 37.4 Å². The third kappa shape index (κ3) is 6.70. The molecule has 0 aliphatic carbocycles. The normalized spacial score (nSPS) is 12.0. The summed E-state index contributed by atoms with van der Waals surface area (Å²) in [5.74, 6) is 2.17. The van der Waals surface area contributed by atoms with Crippen molar-refractivity contribution in [3.05, 3.63) is 78.5 Å². The van der Waals surface area contributed by atoms with Gasteiger partial charge in [0.15, 0.2) is 0 Å². The van der Waals surface area contributed by atoms with Crippen LogP contribution >= 0.6 is 0 Å². The second-order valence-corrected chi connectivity index (χ2v) is 8.15. The van der Waals surface area contributed by atoms with Crippen LogP contribution in [0.15, 0.2) is 67.3 Å². The van der Waals surface area contributed by atoms with E-state index in [0.717, 1.165) is 42.1 Å². The van der Waals surface area contributed by atoms with Gasteiger partial charge >= 0.3 is 0 Å². The summed E-state index contributed by atoms with van der Waals surface area (Å²) < 4.78 is 13.5. The molecule has 0 fully saturated rings. The van der Waals surface area contributed by atoms with Gasteiger partial charge in [-0.25, -0.2) is 4.68 Å². The summed E-state index contributed by atoms with van der Waals surface area (Å²) in [6.45, 7) is 10.0. The lowest BCUT2D eigenvalue weighted by atomic mass is 10.1. The molecule has 33 heavy (non-hydrogen) atoms. The summed E-state index contributed by atoms with van der Waals surface area (Å²) >= 11 is 0. The quantitative estimate of drug-likeness (QED) is 0.348. The first-order chi connectivity index (χ1) is 16.0. The number of aliphatic hydroxyl groups excluding tert-OH is 1. The summed E-state index contributed by atoms with van der Waals surface area (Å²) in [5.41, 5.74) is 2.85. The molecule has 6 nitrogen and oxygen atoms in total. The molecule has 1 heterocycles. The number of aliphatic hydroxyl groups is 1. The second kappa shape index (κ2) is 12.2. The van der Waals surface area contributed by atoms with E-state index in [1.807, 2.05) is 72.3 Å². The van der Waals surface area contributed by atoms with E-state index in [2.05, 4.69) is 18.4 Å². The number of hydrogen-bond donors (Lipinski definition) is 1. The Bertz CT molecular complexity index is 999. The molecule has 0 bridgehead atoms. The van der Waals surface area contributed by atoms with Crippen LogP contribution in [0.25, 0.3) is 5.69 Å². The molecule has 2 aromatic carbocycles. The second-order valence-electron chi connectivity index (χ2n) is 8.15. The highest BCUT2D eigenvalue weighted by Crippen LogP contribution is 2.32. The standard InChI is InChI=1S/C27H35N3O3/c1-5-7-13-23(31)19-29(18-6-2)20-26-21(3)28-30(22-11-9-8-10-12-22)27(26)33-25-16-14-24(32-4)15-17-25/h5,8-12,14-17,23,31H,1,6-7,13,18-20H2,2-4H3/t23-/m0/s1. The summed E-state index contributed by atoms with van der Waals surface area (Å²) in [6.07, 6.45) is 3.96. The van der Waals surface area contributed by atoms with Crippen molar-refractivity contribution < 1.29 is 14.6 Å². The van der Waals surface area contributed by atoms with E-state index in [-0.39, 0.29) is 0 Å². The lowest BCUT2D eigenvalue weighted by molar-refractivity contribution is 0.102. The van der Waals surface area contributed by atoms with Crippen LogP contribution < -0.4 is 9.47 Å². The van der Waals surface area contributed by atoms with E-state index < -0.39 is 6.10 Å². The minimum absolute atomic E-state index is 0.398. The van der Waals surface area contributed by atoms with Crippen molar-refractivity contribution in [2.75, 3.05) is 20.2 Å². The molecule has 0 aliphatic heterocycles. The first-order valence-electron chi connectivity index (χ1n) is 11.5. The number of methoxy groups -OCH3 is 1. The summed E-state index contributed by atoms with van der Waals surface area (Å²) in [4.78, 5) is 2.27. The fourth-order valence-electron chi connectivity index (χ4n) is 3.80. The number of benzene rings is 2. The van der Waals surface area contributed by atoms with Gasteiger partial charge in [0.1, 0.15) is 11.5 Å². The summed E-state index contributed by atoms with van der Waals surface area (Å²) in [6, 6.07) is 17.5. The Morgan fingerprint density at radius 3 is 2.45 bits per heavy atom. The van der Waals surface area contributed by atoms with Gasteiger partial charge < -0.3 is 14.6 Å². The monoisotopic (exact) mass is 449 g/mol. The average Bonchev–Trinajstić information content (AvgIpc) is 3.13. The average molecular weight is 450 g/mol. The van der Waals surface area contributed by atoms with Crippen LogP contribution in [0.4, 0.5) is 0 Å². The number of para-hydroxylation sites is 1. The highest BCUT2D eigenvalue weighted by atomic mass is 16.5. The number of hydrogen-bond acceptors (Lipinski definition) is 5. The molecular formula is C27H35N3O3. The lowest BCUT2D eigenvalue weighted by Gasteiger charge is -2.25. The van der Waals surface area contributed by atoms with Gasteiger partial charge in [-0.3, -0.25) is 4.90 Å². The first-order valence-corrected chi connectivity index (χ1v) is 11.5. The largest absolute Gasteiger partial charge is 0.497 e. The molecule has 0 saturated carbocycles. The smallest absolute Gasteiger partial charge is 0.227 e. The molecule has 3 rings (SSSR count). The number of aromatic nitrogens is 2. The molecule has 0 spiro atoms. The van der Waals surface area contributed by atoms with E-state index in [0.29, 0.717) is 31.1 Å². The van der Waals surface area contributed by atoms with Crippen LogP contribution in [-0.4, -0.2) is 46.1 Å². The number of nitrogens with zero attached hydrogens (tertiary/aromatic N) is 3. The van der Waals surface area contributed by atoms with Gasteiger partial charge in [0.05, 0.1) is 30.2 Å². The molecule has 176 valence electrons. The Balaban J connectivity index is 1.94. The van der Waals surface area contributed by atoms with Gasteiger partial charge in [-0.2, -0.15) is 5.10 Å². The topological polar surface area (TPSA) is 59.8 Å². The minimum atomic E-state index is -0.398. The molecule has 6 heteroatoms. The maximum Gasteiger partial charge on any atom is 0.227 e. The number of ether oxygens (including phenoxy) is 2. The van der Waals surface area contributed by atoms with Crippen molar-refractivity contribution >= 4 is 0 Å². The molecule has 3 aromatic rings. The molecule has 0 unspecified atom stereocenters. The molecule has 1 atom stereocenters. The molecular weight excluding hydrogens is 414 g/mol. The molecule has 0 amide bonds. The minimum Gasteiger partial charge on any atom is -0.497 e. The van der Waals surface area contributed by atoms with Gasteiger partial charge in [-0.05, 0) is 69.1 Å². The molecule has 0 saturated heterocycles. The third-order valence-corrected chi connectivity index (χ3v) is 5.51. The molecule has 1 aromatic heterocycles. The van der Waals surface area contributed by atoms with E-state index >= 15 is 0 Å². The lowest BCUT2D eigenvalue weighted by Crippen LogP contribution is -2.33. The highest BCUT2D eigenvalue weighted by molar-refractivity contribution is 5.44. The van der Waals surface area contributed by atoms with Crippen molar-refractivity contribution in [2.24, 2.45) is 0 Å². The van der Waals surface area contributed by atoms with Gasteiger partial charge in [0.2, 0.25) is 5.88 Å². The van der Waals surface area contributed by atoms with Crippen molar-refractivity contribution in [2.45, 2.75) is 45.8 Å². The zero-order valence-corrected chi connectivity index (χ0v) is 19.9. The number of allylic oxidation sites excluding steroid dienone is 1. The Morgan fingerprint density at radius 2 is 1.82 bits per heavy atom. The van der Waals surface area contributed by atoms with E-state index in [1.165, 1.54) is 0 Å². The van der Waals surface area contributed by atoms with Crippen molar-refractivity contribution in [1.82, 2.24) is 14.7 Å². The van der Waals surface area contributed by atoms with Crippen LogP contribution in [0.2, 0.25) is 0 Å². The van der Waals surface area contributed by atoms with Crippen molar-refractivity contribution in [3.63, 3.8) is 0 Å². The van der Waals surface area contributed by atoms with Crippen molar-refractivity contribution in [1.29, 1.82) is 0 Å². The molecule has 0 aliphatic rings. The van der Waals surface area contributed by atoms with Crippen molar-refractivity contribution in [3.8, 4) is 23.1 Å². The summed E-state index contributed by atoms with van der Waals surface area (Å²) in [7, 11) is 1.65.